The fourth-order valence-corrected chi connectivity index (χ4v) is 3.87. The summed E-state index contributed by atoms with van der Waals surface area (Å²) in [6, 6.07) is 8.41. The molecule has 0 radical (unpaired) electrons. The van der Waals surface area contributed by atoms with Crippen LogP contribution in [0.15, 0.2) is 24.3 Å². The summed E-state index contributed by atoms with van der Waals surface area (Å²) < 4.78 is 11.2. The van der Waals surface area contributed by atoms with Crippen molar-refractivity contribution in [3.8, 4) is 5.75 Å². The Morgan fingerprint density at radius 1 is 1.32 bits per heavy atom. The topological polar surface area (TPSA) is 38.8 Å². The lowest BCUT2D eigenvalue weighted by atomic mass is 9.87. The van der Waals surface area contributed by atoms with Crippen LogP contribution in [0, 0.1) is 5.92 Å². The average Bonchev–Trinajstić information content (AvgIpc) is 2.57. The number of rotatable bonds is 6. The van der Waals surface area contributed by atoms with Crippen LogP contribution in [0.4, 0.5) is 0 Å². The van der Waals surface area contributed by atoms with Gasteiger partial charge in [0, 0.05) is 19.1 Å². The molecule has 1 aliphatic rings. The number of hydrogen-bond donors (Lipinski definition) is 0. The van der Waals surface area contributed by atoms with Gasteiger partial charge in [-0.3, -0.25) is 4.79 Å². The van der Waals surface area contributed by atoms with Crippen LogP contribution in [0.25, 0.3) is 0 Å². The van der Waals surface area contributed by atoms with Crippen molar-refractivity contribution in [1.29, 1.82) is 0 Å². The highest BCUT2D eigenvalue weighted by molar-refractivity contribution is 5.77. The molecule has 1 aromatic carbocycles. The van der Waals surface area contributed by atoms with E-state index in [0.717, 1.165) is 18.6 Å². The van der Waals surface area contributed by atoms with Gasteiger partial charge in [0.1, 0.15) is 5.75 Å². The van der Waals surface area contributed by atoms with Gasteiger partial charge in [-0.25, -0.2) is 0 Å². The van der Waals surface area contributed by atoms with Crippen LogP contribution in [-0.2, 0) is 9.53 Å². The summed E-state index contributed by atoms with van der Waals surface area (Å²) in [7, 11) is 1.67. The quantitative estimate of drug-likeness (QED) is 0.755. The zero-order chi connectivity index (χ0) is 18.6. The van der Waals surface area contributed by atoms with Gasteiger partial charge >= 0.3 is 0 Å². The third-order valence-corrected chi connectivity index (χ3v) is 5.04. The molecule has 2 unspecified atom stereocenters. The van der Waals surface area contributed by atoms with Gasteiger partial charge in [0.25, 0.3) is 0 Å². The summed E-state index contributed by atoms with van der Waals surface area (Å²) in [6.45, 7) is 11.3. The maximum atomic E-state index is 12.9. The molecule has 1 amide bonds. The molecule has 0 N–H and O–H groups in total. The monoisotopic (exact) mass is 347 g/mol. The molecule has 0 aromatic heterocycles. The number of carbonyl (C=O) groups is 1. The molecule has 25 heavy (non-hydrogen) atoms. The first-order valence-corrected chi connectivity index (χ1v) is 9.38. The van der Waals surface area contributed by atoms with Crippen molar-refractivity contribution in [3.05, 3.63) is 29.8 Å². The maximum Gasteiger partial charge on any atom is 0.223 e. The molecule has 2 atom stereocenters. The highest BCUT2D eigenvalue weighted by Crippen LogP contribution is 2.37. The van der Waals surface area contributed by atoms with Crippen molar-refractivity contribution in [2.75, 3.05) is 13.7 Å². The fourth-order valence-electron chi connectivity index (χ4n) is 3.87. The lowest BCUT2D eigenvalue weighted by Crippen LogP contribution is -2.50. The molecule has 4 nitrogen and oxygen atoms in total. The van der Waals surface area contributed by atoms with Crippen molar-refractivity contribution in [3.63, 3.8) is 0 Å². The van der Waals surface area contributed by atoms with Gasteiger partial charge in [0.15, 0.2) is 0 Å². The summed E-state index contributed by atoms with van der Waals surface area (Å²) in [4.78, 5) is 15.1. The Hall–Kier alpha value is -1.55. The number of ether oxygens (including phenoxy) is 2. The lowest BCUT2D eigenvalue weighted by Gasteiger charge is -2.46. The minimum absolute atomic E-state index is 0.0669. The Kier molecular flexibility index (Phi) is 6.50. The minimum atomic E-state index is -0.184. The minimum Gasteiger partial charge on any atom is -0.497 e. The summed E-state index contributed by atoms with van der Waals surface area (Å²) in [5.41, 5.74) is 0.985. The molecule has 0 spiro atoms. The Balaban J connectivity index is 2.38. The number of amides is 1. The van der Waals surface area contributed by atoms with E-state index < -0.39 is 0 Å². The van der Waals surface area contributed by atoms with Gasteiger partial charge < -0.3 is 14.4 Å². The van der Waals surface area contributed by atoms with Gasteiger partial charge in [-0.2, -0.15) is 0 Å². The van der Waals surface area contributed by atoms with Crippen molar-refractivity contribution >= 4 is 5.91 Å². The van der Waals surface area contributed by atoms with Crippen LogP contribution in [0.1, 0.15) is 65.5 Å². The van der Waals surface area contributed by atoms with Crippen molar-refractivity contribution in [1.82, 2.24) is 4.90 Å². The second kappa shape index (κ2) is 8.22. The first-order valence-electron chi connectivity index (χ1n) is 9.38. The fraction of sp³-hybridized carbons (Fsp3) is 0.667. The Morgan fingerprint density at radius 2 is 1.96 bits per heavy atom. The van der Waals surface area contributed by atoms with E-state index in [9.17, 15) is 4.79 Å². The van der Waals surface area contributed by atoms with Gasteiger partial charge in [-0.1, -0.05) is 32.9 Å². The van der Waals surface area contributed by atoms with E-state index in [0.29, 0.717) is 18.9 Å². The number of carbonyl (C=O) groups excluding carboxylic acids is 1. The Morgan fingerprint density at radius 3 is 2.44 bits per heavy atom. The number of benzene rings is 1. The zero-order valence-corrected chi connectivity index (χ0v) is 16.5. The second-order valence-corrected chi connectivity index (χ2v) is 7.87. The maximum absolute atomic E-state index is 12.9. The molecule has 1 fully saturated rings. The third-order valence-electron chi connectivity index (χ3n) is 5.04. The van der Waals surface area contributed by atoms with Gasteiger partial charge in [0.2, 0.25) is 5.91 Å². The van der Waals surface area contributed by atoms with E-state index in [4.69, 9.17) is 9.47 Å². The average molecular weight is 347 g/mol. The predicted molar refractivity (Wildman–Crippen MR) is 101 cm³/mol. The first-order chi connectivity index (χ1) is 11.8. The summed E-state index contributed by atoms with van der Waals surface area (Å²) in [5, 5.41) is 0. The molecule has 1 heterocycles. The summed E-state index contributed by atoms with van der Waals surface area (Å²) in [6.07, 6.45) is 2.30. The molecule has 0 aliphatic carbocycles. The summed E-state index contributed by atoms with van der Waals surface area (Å²) in [5.74, 6) is 1.39. The molecule has 1 aromatic rings. The van der Waals surface area contributed by atoms with E-state index in [-0.39, 0.29) is 23.6 Å². The van der Waals surface area contributed by atoms with Crippen LogP contribution in [0.2, 0.25) is 0 Å². The largest absolute Gasteiger partial charge is 0.497 e. The van der Waals surface area contributed by atoms with Crippen LogP contribution < -0.4 is 4.74 Å². The van der Waals surface area contributed by atoms with Gasteiger partial charge in [-0.05, 0) is 50.3 Å². The van der Waals surface area contributed by atoms with Gasteiger partial charge in [0.05, 0.1) is 18.8 Å². The first kappa shape index (κ1) is 19.8. The SMILES string of the molecule is CCC(=O)N(C1CCOC(C)(C)C1)C(c1ccc(OC)cc1)C(C)C. The Labute approximate surface area is 152 Å². The molecule has 2 rings (SSSR count). The molecular formula is C21H33NO3. The van der Waals surface area contributed by atoms with E-state index >= 15 is 0 Å². The van der Waals surface area contributed by atoms with Crippen LogP contribution in [-0.4, -0.2) is 36.2 Å². The number of hydrogen-bond acceptors (Lipinski definition) is 3. The van der Waals surface area contributed by atoms with E-state index in [1.54, 1.807) is 7.11 Å². The second-order valence-electron chi connectivity index (χ2n) is 7.87. The highest BCUT2D eigenvalue weighted by Gasteiger charge is 2.38. The summed E-state index contributed by atoms with van der Waals surface area (Å²) >= 11 is 0. The lowest BCUT2D eigenvalue weighted by molar-refractivity contribution is -0.145. The standard InChI is InChI=1S/C21H33NO3/c1-7-19(23)22(17-12-13-25-21(4,5)14-17)20(15(2)3)16-8-10-18(24-6)11-9-16/h8-11,15,17,20H,7,12-14H2,1-6H3. The van der Waals surface area contributed by atoms with Crippen LogP contribution in [0.5, 0.6) is 5.75 Å². The molecule has 1 saturated heterocycles. The Bertz CT molecular complexity index is 565. The molecule has 140 valence electrons. The van der Waals surface area contributed by atoms with Crippen LogP contribution in [0.3, 0.4) is 0 Å². The normalized spacial score (nSPS) is 21.0. The van der Waals surface area contributed by atoms with E-state index in [1.807, 2.05) is 19.1 Å². The molecule has 4 heteroatoms. The predicted octanol–water partition coefficient (Wildman–Crippen LogP) is 4.59. The van der Waals surface area contributed by atoms with Crippen LogP contribution >= 0.6 is 0 Å². The van der Waals surface area contributed by atoms with E-state index in [1.165, 1.54) is 5.56 Å². The van der Waals surface area contributed by atoms with Gasteiger partial charge in [-0.15, -0.1) is 0 Å². The smallest absolute Gasteiger partial charge is 0.223 e. The number of methoxy groups -OCH3 is 1. The highest BCUT2D eigenvalue weighted by atomic mass is 16.5. The van der Waals surface area contributed by atoms with Crippen molar-refractivity contribution in [2.24, 2.45) is 5.92 Å². The molecule has 0 saturated carbocycles. The number of nitrogens with zero attached hydrogens (tertiary/aromatic N) is 1. The molecular weight excluding hydrogens is 314 g/mol. The van der Waals surface area contributed by atoms with Crippen molar-refractivity contribution in [2.45, 2.75) is 71.6 Å². The molecule has 0 bridgehead atoms. The van der Waals surface area contributed by atoms with E-state index in [2.05, 4.69) is 44.7 Å². The van der Waals surface area contributed by atoms with Crippen molar-refractivity contribution < 1.29 is 14.3 Å². The zero-order valence-electron chi connectivity index (χ0n) is 16.5. The molecule has 1 aliphatic heterocycles. The third kappa shape index (κ3) is 4.75.